The van der Waals surface area contributed by atoms with Crippen molar-refractivity contribution >= 4 is 11.6 Å². The van der Waals surface area contributed by atoms with E-state index in [1.165, 1.54) is 9.08 Å². The summed E-state index contributed by atoms with van der Waals surface area (Å²) >= 11 is 0. The Balaban J connectivity index is 1.45. The zero-order valence-electron chi connectivity index (χ0n) is 14.9. The lowest BCUT2D eigenvalue weighted by atomic mass is 10.1. The molecule has 0 saturated heterocycles. The van der Waals surface area contributed by atoms with Crippen molar-refractivity contribution in [3.05, 3.63) is 64.2 Å². The summed E-state index contributed by atoms with van der Waals surface area (Å²) < 4.78 is 8.53. The maximum absolute atomic E-state index is 12.1. The maximum atomic E-state index is 12.1. The lowest BCUT2D eigenvalue weighted by molar-refractivity contribution is -0.123. The molecule has 2 heterocycles. The predicted octanol–water partition coefficient (Wildman–Crippen LogP) is 1.70. The molecule has 1 aromatic carbocycles. The van der Waals surface area contributed by atoms with Crippen LogP contribution in [0.1, 0.15) is 17.5 Å². The van der Waals surface area contributed by atoms with Crippen LogP contribution >= 0.6 is 0 Å². The highest BCUT2D eigenvalue weighted by atomic mass is 16.5. The molecule has 1 amide bonds. The third kappa shape index (κ3) is 3.93. The highest BCUT2D eigenvalue weighted by Crippen LogP contribution is 2.21. The lowest BCUT2D eigenvalue weighted by Gasteiger charge is -2.11. The molecule has 0 aliphatic carbocycles. The van der Waals surface area contributed by atoms with Crippen LogP contribution in [0.3, 0.4) is 0 Å². The van der Waals surface area contributed by atoms with Crippen molar-refractivity contribution in [3.8, 4) is 5.75 Å². The van der Waals surface area contributed by atoms with E-state index < -0.39 is 0 Å². The summed E-state index contributed by atoms with van der Waals surface area (Å²) in [5.74, 6) is 0.564. The fourth-order valence-corrected chi connectivity index (χ4v) is 2.79. The second kappa shape index (κ2) is 7.86. The molecule has 0 fully saturated rings. The molecule has 0 unspecified atom stereocenters. The van der Waals surface area contributed by atoms with E-state index in [9.17, 15) is 9.59 Å². The largest absolute Gasteiger partial charge is 0.483 e. The molecule has 0 radical (unpaired) electrons. The Morgan fingerprint density at radius 1 is 1.15 bits per heavy atom. The Labute approximate surface area is 151 Å². The molecule has 0 saturated carbocycles. The average molecular weight is 354 g/mol. The number of carbonyl (C=O) groups is 1. The number of nitrogens with one attached hydrogen (secondary N) is 1. The van der Waals surface area contributed by atoms with Gasteiger partial charge in [0.1, 0.15) is 5.75 Å². The number of ether oxygens (including phenoxy) is 1. The summed E-state index contributed by atoms with van der Waals surface area (Å²) in [5.41, 5.74) is 2.45. The van der Waals surface area contributed by atoms with Gasteiger partial charge in [0.2, 0.25) is 0 Å². The Hall–Kier alpha value is -3.09. The molecule has 0 aliphatic rings. The van der Waals surface area contributed by atoms with Crippen LogP contribution in [-0.2, 0) is 11.3 Å². The van der Waals surface area contributed by atoms with E-state index in [2.05, 4.69) is 10.4 Å². The summed E-state index contributed by atoms with van der Waals surface area (Å²) in [7, 11) is 0. The summed E-state index contributed by atoms with van der Waals surface area (Å²) in [4.78, 5) is 24.1. The number of benzene rings is 1. The van der Waals surface area contributed by atoms with Crippen LogP contribution in [-0.4, -0.2) is 33.2 Å². The zero-order chi connectivity index (χ0) is 18.5. The van der Waals surface area contributed by atoms with E-state index in [4.69, 9.17) is 4.74 Å². The van der Waals surface area contributed by atoms with Crippen LogP contribution in [0.2, 0.25) is 0 Å². The van der Waals surface area contributed by atoms with Crippen LogP contribution in [0.15, 0.2) is 47.4 Å². The van der Waals surface area contributed by atoms with Crippen molar-refractivity contribution in [1.29, 1.82) is 0 Å². The van der Waals surface area contributed by atoms with Gasteiger partial charge in [0.05, 0.1) is 0 Å². The lowest BCUT2D eigenvalue weighted by Crippen LogP contribution is -2.31. The fourth-order valence-electron chi connectivity index (χ4n) is 2.79. The summed E-state index contributed by atoms with van der Waals surface area (Å²) in [6.45, 7) is 4.77. The molecule has 0 aliphatic heterocycles. The van der Waals surface area contributed by atoms with E-state index in [1.54, 1.807) is 18.3 Å². The van der Waals surface area contributed by atoms with Crippen molar-refractivity contribution in [2.75, 3.05) is 13.2 Å². The van der Waals surface area contributed by atoms with Gasteiger partial charge >= 0.3 is 5.69 Å². The SMILES string of the molecule is Cc1cccc(C)c1OCC(=O)NCCCn1nc2ccccn2c1=O. The van der Waals surface area contributed by atoms with Gasteiger partial charge in [0, 0.05) is 19.3 Å². The van der Waals surface area contributed by atoms with Crippen molar-refractivity contribution in [1.82, 2.24) is 19.5 Å². The van der Waals surface area contributed by atoms with Gasteiger partial charge in [-0.25, -0.2) is 9.48 Å². The molecule has 0 atom stereocenters. The van der Waals surface area contributed by atoms with Gasteiger partial charge < -0.3 is 10.1 Å². The maximum Gasteiger partial charge on any atom is 0.350 e. The molecule has 26 heavy (non-hydrogen) atoms. The van der Waals surface area contributed by atoms with Gasteiger partial charge in [-0.2, -0.15) is 0 Å². The van der Waals surface area contributed by atoms with Crippen molar-refractivity contribution in [3.63, 3.8) is 0 Å². The number of aryl methyl sites for hydroxylation is 3. The zero-order valence-corrected chi connectivity index (χ0v) is 14.9. The standard InChI is InChI=1S/C19H22N4O3/c1-14-7-5-8-15(2)18(14)26-13-17(24)20-10-6-12-23-19(25)22-11-4-3-9-16(22)21-23/h3-5,7-9,11H,6,10,12-13H2,1-2H3,(H,20,24). The third-order valence-electron chi connectivity index (χ3n) is 4.11. The number of pyridine rings is 1. The number of para-hydroxylation sites is 1. The van der Waals surface area contributed by atoms with Crippen molar-refractivity contribution in [2.45, 2.75) is 26.8 Å². The van der Waals surface area contributed by atoms with Crippen LogP contribution < -0.4 is 15.7 Å². The monoisotopic (exact) mass is 354 g/mol. The topological polar surface area (TPSA) is 77.6 Å². The van der Waals surface area contributed by atoms with Crippen LogP contribution in [0, 0.1) is 13.8 Å². The van der Waals surface area contributed by atoms with Gasteiger partial charge in [-0.15, -0.1) is 5.10 Å². The van der Waals surface area contributed by atoms with E-state index in [0.717, 1.165) is 16.9 Å². The number of hydrogen-bond donors (Lipinski definition) is 1. The molecular formula is C19H22N4O3. The molecule has 3 rings (SSSR count). The average Bonchev–Trinajstić information content (AvgIpc) is 2.95. The van der Waals surface area contributed by atoms with Gasteiger partial charge in [0.25, 0.3) is 5.91 Å². The molecule has 7 heteroatoms. The summed E-state index contributed by atoms with van der Waals surface area (Å²) in [6.07, 6.45) is 2.30. The highest BCUT2D eigenvalue weighted by Gasteiger charge is 2.08. The minimum absolute atomic E-state index is 0.0278. The van der Waals surface area contributed by atoms with Crippen LogP contribution in [0.5, 0.6) is 5.75 Å². The minimum Gasteiger partial charge on any atom is -0.483 e. The first-order valence-electron chi connectivity index (χ1n) is 8.56. The molecule has 2 aromatic heterocycles. The third-order valence-corrected chi connectivity index (χ3v) is 4.11. The Morgan fingerprint density at radius 3 is 2.65 bits per heavy atom. The first-order valence-corrected chi connectivity index (χ1v) is 8.56. The predicted molar refractivity (Wildman–Crippen MR) is 98.5 cm³/mol. The Bertz CT molecular complexity index is 954. The summed E-state index contributed by atoms with van der Waals surface area (Å²) in [6, 6.07) is 11.3. The van der Waals surface area contributed by atoms with Crippen LogP contribution in [0.4, 0.5) is 0 Å². The van der Waals surface area contributed by atoms with Gasteiger partial charge in [-0.05, 0) is 43.5 Å². The highest BCUT2D eigenvalue weighted by molar-refractivity contribution is 5.77. The second-order valence-electron chi connectivity index (χ2n) is 6.15. The molecular weight excluding hydrogens is 332 g/mol. The molecule has 1 N–H and O–H groups in total. The molecule has 136 valence electrons. The van der Waals surface area contributed by atoms with Gasteiger partial charge in [0.15, 0.2) is 12.3 Å². The van der Waals surface area contributed by atoms with E-state index >= 15 is 0 Å². The number of carbonyl (C=O) groups excluding carboxylic acids is 1. The van der Waals surface area contributed by atoms with E-state index in [1.807, 2.05) is 38.1 Å². The normalized spacial score (nSPS) is 10.8. The molecule has 3 aromatic rings. The number of hydrogen-bond acceptors (Lipinski definition) is 4. The smallest absolute Gasteiger partial charge is 0.350 e. The first-order chi connectivity index (χ1) is 12.6. The van der Waals surface area contributed by atoms with Crippen molar-refractivity contribution < 1.29 is 9.53 Å². The quantitative estimate of drug-likeness (QED) is 0.655. The molecule has 0 spiro atoms. The van der Waals surface area contributed by atoms with Crippen LogP contribution in [0.25, 0.3) is 5.65 Å². The number of nitrogens with zero attached hydrogens (tertiary/aromatic N) is 3. The molecule has 0 bridgehead atoms. The Kier molecular flexibility index (Phi) is 5.36. The summed E-state index contributed by atoms with van der Waals surface area (Å²) in [5, 5.41) is 7.06. The Morgan fingerprint density at radius 2 is 1.92 bits per heavy atom. The minimum atomic E-state index is -0.185. The second-order valence-corrected chi connectivity index (χ2v) is 6.15. The number of amides is 1. The number of rotatable bonds is 7. The molecule has 7 nitrogen and oxygen atoms in total. The van der Waals surface area contributed by atoms with Crippen molar-refractivity contribution in [2.24, 2.45) is 0 Å². The number of aromatic nitrogens is 3. The van der Waals surface area contributed by atoms with Gasteiger partial charge in [-0.3, -0.25) is 9.20 Å². The first kappa shape index (κ1) is 17.7. The fraction of sp³-hybridized carbons (Fsp3) is 0.316. The number of fused-ring (bicyclic) bond motifs is 1. The van der Waals surface area contributed by atoms with E-state index in [-0.39, 0.29) is 18.2 Å². The van der Waals surface area contributed by atoms with Gasteiger partial charge in [-0.1, -0.05) is 24.3 Å². The van der Waals surface area contributed by atoms with E-state index in [0.29, 0.717) is 25.2 Å².